The average Bonchev–Trinajstić information content (AvgIpc) is 2.89. The molecule has 2 rings (SSSR count). The fraction of sp³-hybridized carbons (Fsp3) is 0.529. The van der Waals surface area contributed by atoms with Gasteiger partial charge in [-0.05, 0) is 30.5 Å². The SMILES string of the molecule is CC(C)CN(C(=O)COC(=O)c1cccc(O)c1)[C@@H]1CCS(=O)(=O)C1. The molecule has 0 saturated carbocycles. The number of carbonyl (C=O) groups excluding carboxylic acids is 2. The average molecular weight is 369 g/mol. The van der Waals surface area contributed by atoms with Crippen LogP contribution in [0.15, 0.2) is 24.3 Å². The monoisotopic (exact) mass is 369 g/mol. The van der Waals surface area contributed by atoms with Crippen molar-refractivity contribution in [1.29, 1.82) is 0 Å². The Morgan fingerprint density at radius 1 is 1.36 bits per heavy atom. The van der Waals surface area contributed by atoms with Crippen LogP contribution in [0.2, 0.25) is 0 Å². The third-order valence-corrected chi connectivity index (χ3v) is 5.69. The maximum atomic E-state index is 12.5. The molecule has 1 aromatic carbocycles. The van der Waals surface area contributed by atoms with E-state index >= 15 is 0 Å². The molecule has 1 saturated heterocycles. The quantitative estimate of drug-likeness (QED) is 0.757. The highest BCUT2D eigenvalue weighted by molar-refractivity contribution is 7.91. The van der Waals surface area contributed by atoms with Crippen LogP contribution in [0.25, 0.3) is 0 Å². The second-order valence-corrected chi connectivity index (χ2v) is 8.85. The van der Waals surface area contributed by atoms with Crippen LogP contribution in [0.5, 0.6) is 5.75 Å². The zero-order valence-corrected chi connectivity index (χ0v) is 15.2. The van der Waals surface area contributed by atoms with Crippen molar-refractivity contribution in [1.82, 2.24) is 4.90 Å². The van der Waals surface area contributed by atoms with Crippen molar-refractivity contribution in [2.75, 3.05) is 24.7 Å². The summed E-state index contributed by atoms with van der Waals surface area (Å²) >= 11 is 0. The smallest absolute Gasteiger partial charge is 0.338 e. The first-order valence-corrected chi connectivity index (χ1v) is 9.96. The molecular weight excluding hydrogens is 346 g/mol. The largest absolute Gasteiger partial charge is 0.508 e. The Morgan fingerprint density at radius 3 is 2.64 bits per heavy atom. The number of hydrogen-bond acceptors (Lipinski definition) is 6. The summed E-state index contributed by atoms with van der Waals surface area (Å²) in [5.74, 6) is -1.02. The van der Waals surface area contributed by atoms with E-state index in [1.54, 1.807) is 0 Å². The zero-order chi connectivity index (χ0) is 18.6. The molecule has 7 nitrogen and oxygen atoms in total. The molecule has 25 heavy (non-hydrogen) atoms. The lowest BCUT2D eigenvalue weighted by Crippen LogP contribution is -2.45. The number of aromatic hydroxyl groups is 1. The predicted molar refractivity (Wildman–Crippen MR) is 92.0 cm³/mol. The molecule has 1 amide bonds. The third-order valence-electron chi connectivity index (χ3n) is 3.94. The number of phenolic OH excluding ortho intramolecular Hbond substituents is 1. The van der Waals surface area contributed by atoms with Gasteiger partial charge in [0.05, 0.1) is 17.1 Å². The molecule has 1 N–H and O–H groups in total. The molecule has 1 aliphatic heterocycles. The third kappa shape index (κ3) is 5.45. The molecule has 0 unspecified atom stereocenters. The molecule has 0 aliphatic carbocycles. The molecule has 1 atom stereocenters. The molecule has 0 bridgehead atoms. The number of sulfone groups is 1. The highest BCUT2D eigenvalue weighted by Crippen LogP contribution is 2.19. The van der Waals surface area contributed by atoms with Gasteiger partial charge in [0.15, 0.2) is 16.4 Å². The summed E-state index contributed by atoms with van der Waals surface area (Å²) in [5.41, 5.74) is 0.145. The maximum Gasteiger partial charge on any atom is 0.338 e. The van der Waals surface area contributed by atoms with Crippen molar-refractivity contribution in [3.05, 3.63) is 29.8 Å². The fourth-order valence-electron chi connectivity index (χ4n) is 2.80. The first-order chi connectivity index (χ1) is 11.7. The van der Waals surface area contributed by atoms with Crippen LogP contribution in [0.4, 0.5) is 0 Å². The summed E-state index contributed by atoms with van der Waals surface area (Å²) in [6, 6.07) is 5.28. The van der Waals surface area contributed by atoms with E-state index in [1.165, 1.54) is 29.2 Å². The van der Waals surface area contributed by atoms with Gasteiger partial charge < -0.3 is 14.7 Å². The van der Waals surface area contributed by atoms with Gasteiger partial charge in [0.2, 0.25) is 0 Å². The Hall–Kier alpha value is -2.09. The van der Waals surface area contributed by atoms with Gasteiger partial charge in [-0.2, -0.15) is 0 Å². The standard InChI is InChI=1S/C17H23NO6S/c1-12(2)9-18(14-6-7-25(22,23)11-14)16(20)10-24-17(21)13-4-3-5-15(19)8-13/h3-5,8,12,14,19H,6-7,9-11H2,1-2H3/t14-/m1/s1. The molecule has 0 spiro atoms. The summed E-state index contributed by atoms with van der Waals surface area (Å²) in [6.45, 7) is 3.81. The van der Waals surface area contributed by atoms with Crippen molar-refractivity contribution in [2.45, 2.75) is 26.3 Å². The number of esters is 1. The van der Waals surface area contributed by atoms with Gasteiger partial charge >= 0.3 is 5.97 Å². The Morgan fingerprint density at radius 2 is 2.08 bits per heavy atom. The van der Waals surface area contributed by atoms with Crippen LogP contribution in [-0.4, -0.2) is 61.0 Å². The van der Waals surface area contributed by atoms with E-state index < -0.39 is 28.3 Å². The number of amides is 1. The Kier molecular flexibility index (Phi) is 6.05. The van der Waals surface area contributed by atoms with Crippen molar-refractivity contribution >= 4 is 21.7 Å². The first-order valence-electron chi connectivity index (χ1n) is 8.14. The minimum Gasteiger partial charge on any atom is -0.508 e. The summed E-state index contributed by atoms with van der Waals surface area (Å²) in [4.78, 5) is 26.0. The van der Waals surface area contributed by atoms with Crippen molar-refractivity contribution < 1.29 is 27.9 Å². The van der Waals surface area contributed by atoms with Gasteiger partial charge in [-0.1, -0.05) is 19.9 Å². The van der Waals surface area contributed by atoms with Gasteiger partial charge in [-0.15, -0.1) is 0 Å². The molecule has 0 aromatic heterocycles. The molecule has 1 aliphatic rings. The fourth-order valence-corrected chi connectivity index (χ4v) is 4.53. The number of carbonyl (C=O) groups is 2. The minimum absolute atomic E-state index is 0.0496. The summed E-state index contributed by atoms with van der Waals surface area (Å²) in [7, 11) is -3.12. The second kappa shape index (κ2) is 7.86. The minimum atomic E-state index is -3.12. The summed E-state index contributed by atoms with van der Waals surface area (Å²) in [5, 5.41) is 9.38. The summed E-state index contributed by atoms with van der Waals surface area (Å²) in [6.07, 6.45) is 0.404. The van der Waals surface area contributed by atoms with E-state index in [4.69, 9.17) is 4.74 Å². The molecule has 1 heterocycles. The molecule has 1 fully saturated rings. The summed E-state index contributed by atoms with van der Waals surface area (Å²) < 4.78 is 28.4. The molecule has 138 valence electrons. The van der Waals surface area contributed by atoms with Gasteiger partial charge in [-0.25, -0.2) is 13.2 Å². The van der Waals surface area contributed by atoms with E-state index in [-0.39, 0.29) is 34.8 Å². The van der Waals surface area contributed by atoms with Crippen LogP contribution < -0.4 is 0 Å². The molecular formula is C17H23NO6S. The normalized spacial score (nSPS) is 18.9. The number of nitrogens with zero attached hydrogens (tertiary/aromatic N) is 1. The van der Waals surface area contributed by atoms with E-state index in [0.717, 1.165) is 0 Å². The maximum absolute atomic E-state index is 12.5. The van der Waals surface area contributed by atoms with E-state index in [1.807, 2.05) is 13.8 Å². The van der Waals surface area contributed by atoms with Crippen LogP contribution in [0, 0.1) is 5.92 Å². The Labute approximate surface area is 147 Å². The predicted octanol–water partition coefficient (Wildman–Crippen LogP) is 1.22. The number of hydrogen-bond donors (Lipinski definition) is 1. The number of ether oxygens (including phenoxy) is 1. The Balaban J connectivity index is 2.01. The van der Waals surface area contributed by atoms with Crippen LogP contribution in [0.1, 0.15) is 30.6 Å². The topological polar surface area (TPSA) is 101 Å². The number of rotatable bonds is 6. The lowest BCUT2D eigenvalue weighted by Gasteiger charge is -2.29. The molecule has 8 heteroatoms. The highest BCUT2D eigenvalue weighted by Gasteiger charge is 2.35. The Bertz CT molecular complexity index is 743. The number of benzene rings is 1. The zero-order valence-electron chi connectivity index (χ0n) is 14.3. The van der Waals surface area contributed by atoms with Crippen LogP contribution in [0.3, 0.4) is 0 Å². The highest BCUT2D eigenvalue weighted by atomic mass is 32.2. The van der Waals surface area contributed by atoms with Gasteiger partial charge in [0, 0.05) is 12.6 Å². The van der Waals surface area contributed by atoms with E-state index in [0.29, 0.717) is 13.0 Å². The van der Waals surface area contributed by atoms with Crippen molar-refractivity contribution in [2.24, 2.45) is 5.92 Å². The number of phenols is 1. The van der Waals surface area contributed by atoms with Crippen LogP contribution >= 0.6 is 0 Å². The van der Waals surface area contributed by atoms with Gasteiger partial charge in [-0.3, -0.25) is 4.79 Å². The van der Waals surface area contributed by atoms with Crippen LogP contribution in [-0.2, 0) is 19.4 Å². The van der Waals surface area contributed by atoms with Gasteiger partial charge in [0.25, 0.3) is 5.91 Å². The van der Waals surface area contributed by atoms with Gasteiger partial charge in [0.1, 0.15) is 5.75 Å². The molecule has 1 aromatic rings. The first kappa shape index (κ1) is 19.2. The lowest BCUT2D eigenvalue weighted by molar-refractivity contribution is -0.137. The lowest BCUT2D eigenvalue weighted by atomic mass is 10.1. The van der Waals surface area contributed by atoms with Crippen molar-refractivity contribution in [3.63, 3.8) is 0 Å². The van der Waals surface area contributed by atoms with E-state index in [2.05, 4.69) is 0 Å². The molecule has 0 radical (unpaired) electrons. The van der Waals surface area contributed by atoms with Crippen molar-refractivity contribution in [3.8, 4) is 5.75 Å². The second-order valence-electron chi connectivity index (χ2n) is 6.62. The van der Waals surface area contributed by atoms with E-state index in [9.17, 15) is 23.1 Å².